The number of thiocarbonyl (C=S) groups is 1. The number of carbonyl (C=O) groups excluding carboxylic acids is 1. The van der Waals surface area contributed by atoms with Gasteiger partial charge in [0.05, 0.1) is 0 Å². The van der Waals surface area contributed by atoms with Crippen molar-refractivity contribution in [1.29, 1.82) is 0 Å². The van der Waals surface area contributed by atoms with E-state index in [0.717, 1.165) is 47.0 Å². The molecule has 1 amide bonds. The smallest absolute Gasteiger partial charge is 0.241 e. The van der Waals surface area contributed by atoms with Crippen LogP contribution in [0.25, 0.3) is 0 Å². The minimum Gasteiger partial charge on any atom is -0.273 e. The highest BCUT2D eigenvalue weighted by Gasteiger charge is 2.51. The molecule has 1 aliphatic heterocycles. The number of halogens is 2. The van der Waals surface area contributed by atoms with E-state index in [0.29, 0.717) is 11.5 Å². The van der Waals surface area contributed by atoms with Crippen molar-refractivity contribution >= 4 is 39.8 Å². The fraction of sp³-hybridized carbons (Fsp3) is 0.318. The number of hydrogen-bond donors (Lipinski definition) is 0. The molecule has 0 aromatic heterocycles. The summed E-state index contributed by atoms with van der Waals surface area (Å²) in [5.74, 6) is -1.06. The summed E-state index contributed by atoms with van der Waals surface area (Å²) in [5, 5.41) is 6.21. The number of hydrazone groups is 1. The highest BCUT2D eigenvalue weighted by atomic mass is 32.2. The van der Waals surface area contributed by atoms with Crippen LogP contribution in [-0.2, 0) is 9.67 Å². The molecule has 0 saturated carbocycles. The molecule has 2 unspecified atom stereocenters. The molecule has 1 aliphatic carbocycles. The third-order valence-electron chi connectivity index (χ3n) is 5.44. The molecular formula is C22H20F2N2OS2. The van der Waals surface area contributed by atoms with Crippen molar-refractivity contribution in [3.8, 4) is 0 Å². The standard InChI is InChI=1S/C22H20F2N2OS2/c1-13(28)11-15-9-10-22(19-6-4-3-5-17(15)19)26(14(2)27)25-21(29-22)18-12-16(23)7-8-20(18)24/h3-8,12,15H,9-11H2,1-2H3. The summed E-state index contributed by atoms with van der Waals surface area (Å²) in [6.07, 6.45) is 2.29. The highest BCUT2D eigenvalue weighted by molar-refractivity contribution is 8.15. The second kappa shape index (κ2) is 7.61. The van der Waals surface area contributed by atoms with Crippen molar-refractivity contribution < 1.29 is 13.6 Å². The zero-order chi connectivity index (χ0) is 20.8. The van der Waals surface area contributed by atoms with Crippen molar-refractivity contribution in [1.82, 2.24) is 5.01 Å². The molecule has 3 nitrogen and oxygen atoms in total. The van der Waals surface area contributed by atoms with Crippen LogP contribution < -0.4 is 0 Å². The summed E-state index contributed by atoms with van der Waals surface area (Å²) in [7, 11) is 0. The first-order valence-electron chi connectivity index (χ1n) is 9.44. The lowest BCUT2D eigenvalue weighted by atomic mass is 9.77. The Kier molecular flexibility index (Phi) is 5.29. The van der Waals surface area contributed by atoms with Crippen molar-refractivity contribution in [3.63, 3.8) is 0 Å². The second-order valence-electron chi connectivity index (χ2n) is 7.48. The van der Waals surface area contributed by atoms with Crippen LogP contribution in [0.2, 0.25) is 0 Å². The van der Waals surface area contributed by atoms with Gasteiger partial charge in [0.25, 0.3) is 0 Å². The van der Waals surface area contributed by atoms with Gasteiger partial charge in [-0.05, 0) is 66.3 Å². The van der Waals surface area contributed by atoms with Crippen LogP contribution in [0.5, 0.6) is 0 Å². The zero-order valence-corrected chi connectivity index (χ0v) is 17.7. The fourth-order valence-electron chi connectivity index (χ4n) is 4.24. The summed E-state index contributed by atoms with van der Waals surface area (Å²) < 4.78 is 28.2. The van der Waals surface area contributed by atoms with E-state index in [1.807, 2.05) is 25.1 Å². The molecule has 2 atom stereocenters. The SMILES string of the molecule is CC(=O)N1N=C(c2cc(F)ccc2F)SC12CCC(CC(C)=S)c1ccccc12. The fourth-order valence-corrected chi connectivity index (χ4v) is 5.93. The Balaban J connectivity index is 1.82. The molecule has 0 radical (unpaired) electrons. The molecule has 150 valence electrons. The Hall–Kier alpha value is -2.12. The quantitative estimate of drug-likeness (QED) is 0.583. The van der Waals surface area contributed by atoms with Gasteiger partial charge in [0.1, 0.15) is 21.5 Å². The number of benzene rings is 2. The maximum absolute atomic E-state index is 14.4. The molecule has 0 fully saturated rings. The third kappa shape index (κ3) is 3.51. The van der Waals surface area contributed by atoms with Crippen molar-refractivity contribution in [2.75, 3.05) is 0 Å². The predicted octanol–water partition coefficient (Wildman–Crippen LogP) is 5.73. The van der Waals surface area contributed by atoms with Crippen molar-refractivity contribution in [2.45, 2.75) is 43.9 Å². The van der Waals surface area contributed by atoms with Gasteiger partial charge in [-0.2, -0.15) is 5.10 Å². The topological polar surface area (TPSA) is 32.7 Å². The van der Waals surface area contributed by atoms with Gasteiger partial charge in [0.15, 0.2) is 0 Å². The van der Waals surface area contributed by atoms with Crippen LogP contribution >= 0.6 is 24.0 Å². The van der Waals surface area contributed by atoms with Crippen LogP contribution in [-0.4, -0.2) is 20.8 Å². The van der Waals surface area contributed by atoms with E-state index in [1.165, 1.54) is 23.7 Å². The summed E-state index contributed by atoms with van der Waals surface area (Å²) in [6.45, 7) is 3.40. The van der Waals surface area contributed by atoms with Gasteiger partial charge in [-0.1, -0.05) is 48.2 Å². The van der Waals surface area contributed by atoms with E-state index in [4.69, 9.17) is 12.2 Å². The Morgan fingerprint density at radius 3 is 2.76 bits per heavy atom. The molecule has 4 rings (SSSR count). The van der Waals surface area contributed by atoms with Crippen LogP contribution in [0, 0.1) is 11.6 Å². The summed E-state index contributed by atoms with van der Waals surface area (Å²) in [4.78, 5) is 12.7. The van der Waals surface area contributed by atoms with E-state index >= 15 is 0 Å². The Morgan fingerprint density at radius 2 is 2.03 bits per heavy atom. The number of hydrogen-bond acceptors (Lipinski definition) is 4. The number of amides is 1. The monoisotopic (exact) mass is 430 g/mol. The average molecular weight is 431 g/mol. The normalized spacial score (nSPS) is 23.1. The minimum absolute atomic E-state index is 0.0764. The lowest BCUT2D eigenvalue weighted by Gasteiger charge is -2.42. The van der Waals surface area contributed by atoms with Crippen LogP contribution in [0.4, 0.5) is 8.78 Å². The Bertz CT molecular complexity index is 1040. The molecule has 2 aromatic rings. The molecule has 2 aromatic carbocycles. The summed E-state index contributed by atoms with van der Waals surface area (Å²) in [5.41, 5.74) is 2.20. The first-order valence-corrected chi connectivity index (χ1v) is 10.7. The number of fused-ring (bicyclic) bond motifs is 2. The average Bonchev–Trinajstić information content (AvgIpc) is 3.06. The molecule has 1 heterocycles. The molecule has 0 saturated heterocycles. The molecule has 7 heteroatoms. The first kappa shape index (κ1) is 20.2. The van der Waals surface area contributed by atoms with E-state index in [-0.39, 0.29) is 17.4 Å². The maximum Gasteiger partial charge on any atom is 0.241 e. The highest BCUT2D eigenvalue weighted by Crippen LogP contribution is 2.56. The van der Waals surface area contributed by atoms with Gasteiger partial charge in [-0.25, -0.2) is 13.8 Å². The molecule has 1 spiro atoms. The van der Waals surface area contributed by atoms with E-state index in [1.54, 1.807) is 0 Å². The number of nitrogens with zero attached hydrogens (tertiary/aromatic N) is 2. The van der Waals surface area contributed by atoms with Gasteiger partial charge >= 0.3 is 0 Å². The Labute approximate surface area is 178 Å². The van der Waals surface area contributed by atoms with E-state index in [9.17, 15) is 13.6 Å². The van der Waals surface area contributed by atoms with Gasteiger partial charge < -0.3 is 0 Å². The molecule has 29 heavy (non-hydrogen) atoms. The van der Waals surface area contributed by atoms with Crippen LogP contribution in [0.3, 0.4) is 0 Å². The van der Waals surface area contributed by atoms with Gasteiger partial charge in [0.2, 0.25) is 5.91 Å². The molecule has 0 bridgehead atoms. The van der Waals surface area contributed by atoms with Crippen LogP contribution in [0.1, 0.15) is 55.7 Å². The van der Waals surface area contributed by atoms with E-state index in [2.05, 4.69) is 11.2 Å². The van der Waals surface area contributed by atoms with Gasteiger partial charge in [-0.15, -0.1) is 0 Å². The van der Waals surface area contributed by atoms with Gasteiger partial charge in [-0.3, -0.25) is 4.79 Å². The largest absolute Gasteiger partial charge is 0.273 e. The van der Waals surface area contributed by atoms with E-state index < -0.39 is 16.5 Å². The molecule has 0 N–H and O–H groups in total. The van der Waals surface area contributed by atoms with Crippen LogP contribution in [0.15, 0.2) is 47.6 Å². The number of carbonyl (C=O) groups is 1. The Morgan fingerprint density at radius 1 is 1.28 bits per heavy atom. The zero-order valence-electron chi connectivity index (χ0n) is 16.1. The summed E-state index contributed by atoms with van der Waals surface area (Å²) >= 11 is 6.66. The first-order chi connectivity index (χ1) is 13.8. The molecule has 2 aliphatic rings. The summed E-state index contributed by atoms with van der Waals surface area (Å²) in [6, 6.07) is 11.3. The van der Waals surface area contributed by atoms with Crippen molar-refractivity contribution in [3.05, 3.63) is 70.8 Å². The van der Waals surface area contributed by atoms with Gasteiger partial charge in [0, 0.05) is 12.5 Å². The van der Waals surface area contributed by atoms with Crippen molar-refractivity contribution in [2.24, 2.45) is 5.10 Å². The third-order valence-corrected chi connectivity index (χ3v) is 7.04. The molecular weight excluding hydrogens is 410 g/mol. The lowest BCUT2D eigenvalue weighted by Crippen LogP contribution is -2.43. The number of thioether (sulfide) groups is 1. The second-order valence-corrected chi connectivity index (χ2v) is 9.44. The number of rotatable bonds is 3. The predicted molar refractivity (Wildman–Crippen MR) is 116 cm³/mol. The minimum atomic E-state index is -0.762. The lowest BCUT2D eigenvalue weighted by molar-refractivity contribution is -0.132. The maximum atomic E-state index is 14.4.